The van der Waals surface area contributed by atoms with Crippen molar-refractivity contribution < 1.29 is 4.74 Å². The average molecular weight is 367 g/mol. The van der Waals surface area contributed by atoms with Crippen molar-refractivity contribution in [2.45, 2.75) is 13.1 Å². The van der Waals surface area contributed by atoms with Gasteiger partial charge in [0.05, 0.1) is 13.7 Å². The Bertz CT molecular complexity index is 655. The Morgan fingerprint density at radius 2 is 2.14 bits per heavy atom. The standard InChI is InChI=1S/C14H19BrN6O/c1-16-14(18-8-13-19-9-20-21(13)2)17-7-10-6-11(15)4-5-12(10)22-3/h4-6,9H,7-8H2,1-3H3,(H2,16,17,18). The van der Waals surface area contributed by atoms with Gasteiger partial charge < -0.3 is 15.4 Å². The minimum absolute atomic E-state index is 0.547. The highest BCUT2D eigenvalue weighted by Crippen LogP contribution is 2.22. The highest BCUT2D eigenvalue weighted by molar-refractivity contribution is 9.10. The van der Waals surface area contributed by atoms with Crippen LogP contribution in [-0.2, 0) is 20.1 Å². The maximum atomic E-state index is 5.36. The molecule has 2 aromatic rings. The highest BCUT2D eigenvalue weighted by atomic mass is 79.9. The van der Waals surface area contributed by atoms with Crippen LogP contribution in [-0.4, -0.2) is 34.9 Å². The first kappa shape index (κ1) is 16.3. The van der Waals surface area contributed by atoms with E-state index >= 15 is 0 Å². The van der Waals surface area contributed by atoms with E-state index in [9.17, 15) is 0 Å². The summed E-state index contributed by atoms with van der Waals surface area (Å²) in [6, 6.07) is 5.89. The summed E-state index contributed by atoms with van der Waals surface area (Å²) in [6.07, 6.45) is 1.53. The first-order valence-electron chi connectivity index (χ1n) is 6.74. The van der Waals surface area contributed by atoms with Gasteiger partial charge in [-0.1, -0.05) is 15.9 Å². The van der Waals surface area contributed by atoms with E-state index in [4.69, 9.17) is 4.74 Å². The van der Waals surface area contributed by atoms with E-state index < -0.39 is 0 Å². The van der Waals surface area contributed by atoms with Crippen LogP contribution >= 0.6 is 15.9 Å². The minimum Gasteiger partial charge on any atom is -0.496 e. The summed E-state index contributed by atoms with van der Waals surface area (Å²) in [4.78, 5) is 8.35. The highest BCUT2D eigenvalue weighted by Gasteiger charge is 2.06. The van der Waals surface area contributed by atoms with Crippen molar-refractivity contribution in [3.63, 3.8) is 0 Å². The van der Waals surface area contributed by atoms with E-state index in [0.29, 0.717) is 19.0 Å². The molecular weight excluding hydrogens is 348 g/mol. The number of aromatic nitrogens is 3. The molecule has 8 heteroatoms. The summed E-state index contributed by atoms with van der Waals surface area (Å²) in [5, 5.41) is 10.5. The molecule has 0 amide bonds. The Kier molecular flexibility index (Phi) is 5.76. The van der Waals surface area contributed by atoms with Gasteiger partial charge in [-0.2, -0.15) is 5.10 Å². The molecule has 22 heavy (non-hydrogen) atoms. The Balaban J connectivity index is 1.94. The Hall–Kier alpha value is -2.09. The number of nitrogens with one attached hydrogen (secondary N) is 2. The SMILES string of the molecule is CN=C(NCc1cc(Br)ccc1OC)NCc1ncnn1C. The third-order valence-corrected chi connectivity index (χ3v) is 3.62. The van der Waals surface area contributed by atoms with E-state index in [1.165, 1.54) is 6.33 Å². The van der Waals surface area contributed by atoms with E-state index in [1.54, 1.807) is 18.8 Å². The van der Waals surface area contributed by atoms with Crippen LogP contribution in [0, 0.1) is 0 Å². The number of methoxy groups -OCH3 is 1. The maximum absolute atomic E-state index is 5.36. The van der Waals surface area contributed by atoms with Gasteiger partial charge in [-0.3, -0.25) is 9.67 Å². The molecule has 0 fully saturated rings. The molecule has 1 aromatic carbocycles. The zero-order valence-electron chi connectivity index (χ0n) is 12.8. The van der Waals surface area contributed by atoms with Crippen molar-refractivity contribution >= 4 is 21.9 Å². The average Bonchev–Trinajstić information content (AvgIpc) is 2.93. The fourth-order valence-corrected chi connectivity index (χ4v) is 2.34. The molecule has 0 unspecified atom stereocenters. The molecule has 0 saturated carbocycles. The van der Waals surface area contributed by atoms with Crippen LogP contribution in [0.15, 0.2) is 34.0 Å². The lowest BCUT2D eigenvalue weighted by Gasteiger charge is -2.13. The summed E-state index contributed by atoms with van der Waals surface area (Å²) >= 11 is 3.47. The molecule has 0 radical (unpaired) electrons. The first-order valence-corrected chi connectivity index (χ1v) is 7.53. The largest absolute Gasteiger partial charge is 0.496 e. The third kappa shape index (κ3) is 4.20. The fraction of sp³-hybridized carbons (Fsp3) is 0.357. The number of ether oxygens (including phenoxy) is 1. The molecular formula is C14H19BrN6O. The van der Waals surface area contributed by atoms with Gasteiger partial charge in [0.1, 0.15) is 17.9 Å². The zero-order valence-corrected chi connectivity index (χ0v) is 14.4. The Morgan fingerprint density at radius 1 is 1.36 bits per heavy atom. The predicted octanol–water partition coefficient (Wildman–Crippen LogP) is 1.45. The van der Waals surface area contributed by atoms with Crippen molar-refractivity contribution in [2.75, 3.05) is 14.2 Å². The number of hydrogen-bond donors (Lipinski definition) is 2. The van der Waals surface area contributed by atoms with E-state index in [-0.39, 0.29) is 0 Å². The molecule has 0 aliphatic rings. The number of aryl methyl sites for hydroxylation is 1. The molecule has 0 saturated heterocycles. The van der Waals surface area contributed by atoms with Crippen LogP contribution in [0.3, 0.4) is 0 Å². The smallest absolute Gasteiger partial charge is 0.191 e. The lowest BCUT2D eigenvalue weighted by Crippen LogP contribution is -2.37. The van der Waals surface area contributed by atoms with Gasteiger partial charge in [-0.25, -0.2) is 4.98 Å². The lowest BCUT2D eigenvalue weighted by molar-refractivity contribution is 0.409. The lowest BCUT2D eigenvalue weighted by atomic mass is 10.2. The molecule has 1 aromatic heterocycles. The van der Waals surface area contributed by atoms with Crippen LogP contribution in [0.2, 0.25) is 0 Å². The second kappa shape index (κ2) is 7.79. The summed E-state index contributed by atoms with van der Waals surface area (Å²) in [5.74, 6) is 2.35. The number of benzene rings is 1. The van der Waals surface area contributed by atoms with Crippen molar-refractivity contribution in [1.82, 2.24) is 25.4 Å². The van der Waals surface area contributed by atoms with Crippen LogP contribution in [0.25, 0.3) is 0 Å². The Morgan fingerprint density at radius 3 is 2.77 bits per heavy atom. The molecule has 118 valence electrons. The molecule has 0 aliphatic heterocycles. The van der Waals surface area contributed by atoms with Gasteiger partial charge in [0.2, 0.25) is 0 Å². The molecule has 0 bridgehead atoms. The minimum atomic E-state index is 0.547. The van der Waals surface area contributed by atoms with E-state index in [1.807, 2.05) is 25.2 Å². The van der Waals surface area contributed by atoms with Crippen molar-refractivity contribution in [1.29, 1.82) is 0 Å². The van der Waals surface area contributed by atoms with Crippen molar-refractivity contribution in [2.24, 2.45) is 12.0 Å². The molecule has 2 rings (SSSR count). The number of hydrogen-bond acceptors (Lipinski definition) is 4. The number of rotatable bonds is 5. The molecule has 0 spiro atoms. The molecule has 2 N–H and O–H groups in total. The number of guanidine groups is 1. The van der Waals surface area contributed by atoms with Crippen LogP contribution in [0.5, 0.6) is 5.75 Å². The second-order valence-corrected chi connectivity index (χ2v) is 5.45. The van der Waals surface area contributed by atoms with Gasteiger partial charge in [-0.15, -0.1) is 0 Å². The van der Waals surface area contributed by atoms with Gasteiger partial charge in [0, 0.05) is 30.7 Å². The number of nitrogens with zero attached hydrogens (tertiary/aromatic N) is 4. The topological polar surface area (TPSA) is 76.4 Å². The van der Waals surface area contributed by atoms with E-state index in [2.05, 4.69) is 41.6 Å². The van der Waals surface area contributed by atoms with Gasteiger partial charge in [-0.05, 0) is 18.2 Å². The summed E-state index contributed by atoms with van der Waals surface area (Å²) in [7, 11) is 5.24. The first-order chi connectivity index (χ1) is 10.6. The molecule has 7 nitrogen and oxygen atoms in total. The summed E-state index contributed by atoms with van der Waals surface area (Å²) < 4.78 is 8.08. The second-order valence-electron chi connectivity index (χ2n) is 4.54. The predicted molar refractivity (Wildman–Crippen MR) is 88.7 cm³/mol. The van der Waals surface area contributed by atoms with Crippen LogP contribution in [0.4, 0.5) is 0 Å². The normalized spacial score (nSPS) is 11.4. The van der Waals surface area contributed by atoms with Crippen molar-refractivity contribution in [3.8, 4) is 5.75 Å². The summed E-state index contributed by atoms with van der Waals surface area (Å²) in [5.41, 5.74) is 1.04. The molecule has 1 heterocycles. The van der Waals surface area contributed by atoms with Crippen molar-refractivity contribution in [3.05, 3.63) is 40.4 Å². The zero-order chi connectivity index (χ0) is 15.9. The monoisotopic (exact) mass is 366 g/mol. The van der Waals surface area contributed by atoms with Gasteiger partial charge >= 0.3 is 0 Å². The number of halogens is 1. The fourth-order valence-electron chi connectivity index (χ4n) is 1.93. The quantitative estimate of drug-likeness (QED) is 0.618. The maximum Gasteiger partial charge on any atom is 0.191 e. The Labute approximate surface area is 137 Å². The van der Waals surface area contributed by atoms with Gasteiger partial charge in [0.15, 0.2) is 5.96 Å². The van der Waals surface area contributed by atoms with E-state index in [0.717, 1.165) is 21.6 Å². The molecule has 0 atom stereocenters. The summed E-state index contributed by atoms with van der Waals surface area (Å²) in [6.45, 7) is 1.15. The number of aliphatic imine (C=N–C) groups is 1. The van der Waals surface area contributed by atoms with Gasteiger partial charge in [0.25, 0.3) is 0 Å². The van der Waals surface area contributed by atoms with Crippen LogP contribution in [0.1, 0.15) is 11.4 Å². The molecule has 0 aliphatic carbocycles. The van der Waals surface area contributed by atoms with Crippen LogP contribution < -0.4 is 15.4 Å². The third-order valence-electron chi connectivity index (χ3n) is 3.13.